The first-order chi connectivity index (χ1) is 13.7. The van der Waals surface area contributed by atoms with E-state index in [1.165, 1.54) is 0 Å². The lowest BCUT2D eigenvalue weighted by molar-refractivity contribution is 0.0500. The number of pyridine rings is 2. The van der Waals surface area contributed by atoms with Crippen molar-refractivity contribution < 1.29 is 9.59 Å². The van der Waals surface area contributed by atoms with E-state index in [0.29, 0.717) is 17.4 Å². The van der Waals surface area contributed by atoms with Crippen molar-refractivity contribution in [2.75, 3.05) is 26.2 Å². The summed E-state index contributed by atoms with van der Waals surface area (Å²) in [6.07, 6.45) is 7.21. The van der Waals surface area contributed by atoms with Crippen molar-refractivity contribution in [3.05, 3.63) is 60.2 Å². The Morgan fingerprint density at radius 2 is 1.54 bits per heavy atom. The second-order valence-corrected chi connectivity index (χ2v) is 7.65. The Bertz CT molecular complexity index is 804. The van der Waals surface area contributed by atoms with Crippen molar-refractivity contribution >= 4 is 11.7 Å². The van der Waals surface area contributed by atoms with Gasteiger partial charge in [0.05, 0.1) is 0 Å². The molecule has 2 aliphatic rings. The Morgan fingerprint density at radius 3 is 2.18 bits per heavy atom. The summed E-state index contributed by atoms with van der Waals surface area (Å²) in [5, 5.41) is 0. The summed E-state index contributed by atoms with van der Waals surface area (Å²) in [5.41, 5.74) is 1.09. The first-order valence-electron chi connectivity index (χ1n) is 10.1. The van der Waals surface area contributed by atoms with Crippen LogP contribution in [0.5, 0.6) is 0 Å². The number of hydrogen-bond donors (Lipinski definition) is 0. The number of amides is 1. The number of Topliss-reactive ketones (excluding diaryl/α,β-unsaturated/α-hetero) is 1. The van der Waals surface area contributed by atoms with Gasteiger partial charge in [-0.05, 0) is 56.5 Å². The molecule has 1 unspecified atom stereocenters. The lowest BCUT2D eigenvalue weighted by Gasteiger charge is -2.42. The summed E-state index contributed by atoms with van der Waals surface area (Å²) < 4.78 is 0. The monoisotopic (exact) mass is 378 g/mol. The highest BCUT2D eigenvalue weighted by atomic mass is 16.2. The molecule has 2 aliphatic heterocycles. The molecule has 0 radical (unpaired) electrons. The van der Waals surface area contributed by atoms with Crippen molar-refractivity contribution in [2.45, 2.75) is 31.7 Å². The van der Waals surface area contributed by atoms with Crippen molar-refractivity contribution in [3.63, 3.8) is 0 Å². The molecule has 1 atom stereocenters. The van der Waals surface area contributed by atoms with Crippen LogP contribution in [-0.2, 0) is 0 Å². The zero-order valence-corrected chi connectivity index (χ0v) is 16.0. The Kier molecular flexibility index (Phi) is 5.76. The molecule has 6 nitrogen and oxygen atoms in total. The number of carbonyl (C=O) groups is 2. The minimum atomic E-state index is 0.0147. The van der Waals surface area contributed by atoms with E-state index in [9.17, 15) is 9.59 Å². The van der Waals surface area contributed by atoms with Crippen molar-refractivity contribution in [1.82, 2.24) is 19.8 Å². The molecule has 2 saturated heterocycles. The topological polar surface area (TPSA) is 66.4 Å². The van der Waals surface area contributed by atoms with Crippen LogP contribution in [0.2, 0.25) is 0 Å². The van der Waals surface area contributed by atoms with Crippen LogP contribution >= 0.6 is 0 Å². The minimum absolute atomic E-state index is 0.0147. The fourth-order valence-corrected chi connectivity index (χ4v) is 4.36. The van der Waals surface area contributed by atoms with Crippen molar-refractivity contribution in [1.29, 1.82) is 0 Å². The van der Waals surface area contributed by atoms with Crippen LogP contribution in [0.1, 0.15) is 46.7 Å². The molecule has 146 valence electrons. The van der Waals surface area contributed by atoms with Crippen LogP contribution in [0.4, 0.5) is 0 Å². The van der Waals surface area contributed by atoms with Gasteiger partial charge in [-0.2, -0.15) is 0 Å². The van der Waals surface area contributed by atoms with Crippen LogP contribution in [0.25, 0.3) is 0 Å². The maximum atomic E-state index is 12.8. The fourth-order valence-electron chi connectivity index (χ4n) is 4.36. The molecule has 0 aromatic carbocycles. The molecule has 6 heteroatoms. The standard InChI is InChI=1S/C22H26N4O2/c27-21(19-7-1-3-11-23-19)17-6-5-13-26(16-17)18-9-14-25(15-10-18)22(28)20-8-2-4-12-24-20/h1-4,7-8,11-12,17-18H,5-6,9-10,13-16H2. The van der Waals surface area contributed by atoms with E-state index in [0.717, 1.165) is 51.9 Å². The number of carbonyl (C=O) groups excluding carboxylic acids is 2. The minimum Gasteiger partial charge on any atom is -0.337 e. The van der Waals surface area contributed by atoms with Gasteiger partial charge in [-0.25, -0.2) is 0 Å². The van der Waals surface area contributed by atoms with Gasteiger partial charge in [0, 0.05) is 44.0 Å². The summed E-state index contributed by atoms with van der Waals surface area (Å²) in [7, 11) is 0. The smallest absolute Gasteiger partial charge is 0.272 e. The Hall–Kier alpha value is -2.60. The molecule has 0 N–H and O–H groups in total. The summed E-state index contributed by atoms with van der Waals surface area (Å²) in [5.74, 6) is 0.200. The molecule has 28 heavy (non-hydrogen) atoms. The molecule has 0 bridgehead atoms. The van der Waals surface area contributed by atoms with E-state index in [4.69, 9.17) is 0 Å². The van der Waals surface area contributed by atoms with Gasteiger partial charge in [0.15, 0.2) is 5.78 Å². The van der Waals surface area contributed by atoms with Crippen LogP contribution in [0, 0.1) is 5.92 Å². The highest BCUT2D eigenvalue weighted by Crippen LogP contribution is 2.26. The fraction of sp³-hybridized carbons (Fsp3) is 0.455. The normalized spacial score (nSPS) is 21.4. The molecule has 4 heterocycles. The maximum Gasteiger partial charge on any atom is 0.272 e. The number of aromatic nitrogens is 2. The first-order valence-corrected chi connectivity index (χ1v) is 10.1. The van der Waals surface area contributed by atoms with Crippen LogP contribution < -0.4 is 0 Å². The van der Waals surface area contributed by atoms with Gasteiger partial charge in [0.1, 0.15) is 11.4 Å². The van der Waals surface area contributed by atoms with E-state index in [1.54, 1.807) is 18.5 Å². The largest absolute Gasteiger partial charge is 0.337 e. The van der Waals surface area contributed by atoms with Gasteiger partial charge in [-0.3, -0.25) is 24.5 Å². The van der Waals surface area contributed by atoms with Gasteiger partial charge >= 0.3 is 0 Å². The summed E-state index contributed by atoms with van der Waals surface area (Å²) in [6.45, 7) is 3.32. The van der Waals surface area contributed by atoms with Gasteiger partial charge in [-0.1, -0.05) is 12.1 Å². The van der Waals surface area contributed by atoms with Crippen LogP contribution in [0.3, 0.4) is 0 Å². The number of nitrogens with zero attached hydrogens (tertiary/aromatic N) is 4. The molecule has 0 saturated carbocycles. The van der Waals surface area contributed by atoms with Crippen molar-refractivity contribution in [3.8, 4) is 0 Å². The average Bonchev–Trinajstić information content (AvgIpc) is 2.79. The van der Waals surface area contributed by atoms with Gasteiger partial charge in [-0.15, -0.1) is 0 Å². The lowest BCUT2D eigenvalue weighted by atomic mass is 9.89. The number of rotatable bonds is 4. The van der Waals surface area contributed by atoms with E-state index >= 15 is 0 Å². The second-order valence-electron chi connectivity index (χ2n) is 7.65. The van der Waals surface area contributed by atoms with Crippen LogP contribution in [0.15, 0.2) is 48.8 Å². The number of hydrogen-bond acceptors (Lipinski definition) is 5. The van der Waals surface area contributed by atoms with Gasteiger partial charge in [0.25, 0.3) is 5.91 Å². The van der Waals surface area contributed by atoms with E-state index < -0.39 is 0 Å². The quantitative estimate of drug-likeness (QED) is 0.766. The second kappa shape index (κ2) is 8.61. The number of ketones is 1. The molecular weight excluding hydrogens is 352 g/mol. The third kappa shape index (κ3) is 4.12. The molecule has 1 amide bonds. The molecule has 2 aromatic heterocycles. The zero-order chi connectivity index (χ0) is 19.3. The van der Waals surface area contributed by atoms with E-state index in [2.05, 4.69) is 14.9 Å². The van der Waals surface area contributed by atoms with Gasteiger partial charge in [0.2, 0.25) is 0 Å². The molecular formula is C22H26N4O2. The Labute approximate surface area is 165 Å². The van der Waals surface area contributed by atoms with Crippen molar-refractivity contribution in [2.24, 2.45) is 5.92 Å². The highest BCUT2D eigenvalue weighted by Gasteiger charge is 2.33. The van der Waals surface area contributed by atoms with Gasteiger partial charge < -0.3 is 4.90 Å². The molecule has 2 aromatic rings. The summed E-state index contributed by atoms with van der Waals surface area (Å²) in [6, 6.07) is 11.4. The maximum absolute atomic E-state index is 12.8. The molecule has 0 spiro atoms. The zero-order valence-electron chi connectivity index (χ0n) is 16.0. The Morgan fingerprint density at radius 1 is 0.857 bits per heavy atom. The average molecular weight is 378 g/mol. The number of likely N-dealkylation sites (tertiary alicyclic amines) is 2. The SMILES string of the molecule is O=C(c1ccccn1)C1CCCN(C2CCN(C(=O)c3ccccn3)CC2)C1. The highest BCUT2D eigenvalue weighted by molar-refractivity contribution is 5.96. The predicted octanol–water partition coefficient (Wildman–Crippen LogP) is 2.68. The molecule has 2 fully saturated rings. The summed E-state index contributed by atoms with van der Waals surface area (Å²) >= 11 is 0. The Balaban J connectivity index is 1.33. The molecule has 0 aliphatic carbocycles. The predicted molar refractivity (Wildman–Crippen MR) is 106 cm³/mol. The van der Waals surface area contributed by atoms with E-state index in [1.807, 2.05) is 35.2 Å². The van der Waals surface area contributed by atoms with Crippen LogP contribution in [-0.4, -0.2) is 63.7 Å². The summed E-state index contributed by atoms with van der Waals surface area (Å²) in [4.78, 5) is 38.1. The number of piperidine rings is 2. The van der Waals surface area contributed by atoms with E-state index in [-0.39, 0.29) is 17.6 Å². The third-order valence-electron chi connectivity index (χ3n) is 5.89. The first kappa shape index (κ1) is 18.7. The molecule has 4 rings (SSSR count). The third-order valence-corrected chi connectivity index (χ3v) is 5.89. The lowest BCUT2D eigenvalue weighted by Crippen LogP contribution is -2.50.